The summed E-state index contributed by atoms with van der Waals surface area (Å²) in [6, 6.07) is 8.42. The molecule has 1 aromatic carbocycles. The molecule has 4 nitrogen and oxygen atoms in total. The first kappa shape index (κ1) is 12.5. The largest absolute Gasteiger partial charge is 0.324 e. The fourth-order valence-electron chi connectivity index (χ4n) is 2.79. The number of nitrogens with two attached hydrogens (primary N) is 1. The van der Waals surface area contributed by atoms with Gasteiger partial charge in [0.25, 0.3) is 0 Å². The first-order chi connectivity index (χ1) is 9.03. The molecule has 1 aliphatic heterocycles. The van der Waals surface area contributed by atoms with E-state index < -0.39 is 0 Å². The van der Waals surface area contributed by atoms with E-state index in [1.807, 2.05) is 28.0 Å². The summed E-state index contributed by atoms with van der Waals surface area (Å²) in [6.45, 7) is 5.66. The van der Waals surface area contributed by atoms with Crippen molar-refractivity contribution in [3.8, 4) is 0 Å². The molecule has 19 heavy (non-hydrogen) atoms. The van der Waals surface area contributed by atoms with E-state index in [-0.39, 0.29) is 17.6 Å². The highest BCUT2D eigenvalue weighted by Crippen LogP contribution is 2.46. The molecule has 2 fully saturated rings. The van der Waals surface area contributed by atoms with Gasteiger partial charge in [-0.15, -0.1) is 0 Å². The van der Waals surface area contributed by atoms with Crippen LogP contribution in [-0.2, 0) is 5.54 Å². The minimum absolute atomic E-state index is 0.103. The van der Waals surface area contributed by atoms with Crippen LogP contribution in [0.3, 0.4) is 0 Å². The third-order valence-corrected chi connectivity index (χ3v) is 4.18. The van der Waals surface area contributed by atoms with E-state index in [0.717, 1.165) is 37.2 Å². The average Bonchev–Trinajstić information content (AvgIpc) is 3.01. The number of hydrogen-bond donors (Lipinski definition) is 1. The Kier molecular flexibility index (Phi) is 2.78. The maximum absolute atomic E-state index is 12.5. The Morgan fingerprint density at radius 3 is 2.47 bits per heavy atom. The molecule has 1 aliphatic carbocycles. The second kappa shape index (κ2) is 4.23. The smallest absolute Gasteiger partial charge is 0.321 e. The standard InChI is InChI=1S/C15H21N3O/c1-11(2)17-9-10-18(14(17)19)13-6-4-3-5-12(13)15(16)7-8-15/h3-6,11H,7-10,16H2,1-2H3. The third kappa shape index (κ3) is 2.00. The zero-order valence-electron chi connectivity index (χ0n) is 11.6. The van der Waals surface area contributed by atoms with Crippen LogP contribution in [0.1, 0.15) is 32.3 Å². The lowest BCUT2D eigenvalue weighted by Crippen LogP contribution is -2.37. The third-order valence-electron chi connectivity index (χ3n) is 4.18. The molecule has 0 aromatic heterocycles. The number of rotatable bonds is 3. The number of nitrogens with zero attached hydrogens (tertiary/aromatic N) is 2. The average molecular weight is 259 g/mol. The first-order valence-electron chi connectivity index (χ1n) is 6.99. The van der Waals surface area contributed by atoms with Gasteiger partial charge < -0.3 is 10.6 Å². The van der Waals surface area contributed by atoms with Crippen LogP contribution in [0.5, 0.6) is 0 Å². The summed E-state index contributed by atoms with van der Waals surface area (Å²) < 4.78 is 0. The van der Waals surface area contributed by atoms with Gasteiger partial charge in [0, 0.05) is 24.7 Å². The summed E-state index contributed by atoms with van der Waals surface area (Å²) in [5.41, 5.74) is 8.23. The second-order valence-corrected chi connectivity index (χ2v) is 5.89. The van der Waals surface area contributed by atoms with Crippen LogP contribution in [0.25, 0.3) is 0 Å². The van der Waals surface area contributed by atoms with Gasteiger partial charge in [0.15, 0.2) is 0 Å². The number of amides is 2. The molecule has 4 heteroatoms. The van der Waals surface area contributed by atoms with Gasteiger partial charge in [0.1, 0.15) is 0 Å². The monoisotopic (exact) mass is 259 g/mol. The van der Waals surface area contributed by atoms with Crippen LogP contribution >= 0.6 is 0 Å². The van der Waals surface area contributed by atoms with Crippen molar-refractivity contribution < 1.29 is 4.79 Å². The zero-order valence-corrected chi connectivity index (χ0v) is 11.6. The molecule has 0 bridgehead atoms. The topological polar surface area (TPSA) is 49.6 Å². The first-order valence-corrected chi connectivity index (χ1v) is 6.99. The molecule has 0 spiro atoms. The fourth-order valence-corrected chi connectivity index (χ4v) is 2.79. The van der Waals surface area contributed by atoms with Crippen molar-refractivity contribution >= 4 is 11.7 Å². The van der Waals surface area contributed by atoms with Crippen molar-refractivity contribution in [2.75, 3.05) is 18.0 Å². The summed E-state index contributed by atoms with van der Waals surface area (Å²) in [5, 5.41) is 0. The summed E-state index contributed by atoms with van der Waals surface area (Å²) >= 11 is 0. The van der Waals surface area contributed by atoms with Gasteiger partial charge in [0.05, 0.1) is 5.69 Å². The molecular weight excluding hydrogens is 238 g/mol. The van der Waals surface area contributed by atoms with Crippen molar-refractivity contribution in [3.63, 3.8) is 0 Å². The van der Waals surface area contributed by atoms with Crippen molar-refractivity contribution in [2.45, 2.75) is 38.3 Å². The van der Waals surface area contributed by atoms with E-state index in [4.69, 9.17) is 5.73 Å². The van der Waals surface area contributed by atoms with Gasteiger partial charge in [-0.3, -0.25) is 4.90 Å². The number of carbonyl (C=O) groups excluding carboxylic acids is 1. The van der Waals surface area contributed by atoms with Crippen molar-refractivity contribution in [1.82, 2.24) is 4.90 Å². The SMILES string of the molecule is CC(C)N1CCN(c2ccccc2C2(N)CC2)C1=O. The van der Waals surface area contributed by atoms with E-state index >= 15 is 0 Å². The molecule has 1 saturated carbocycles. The number of urea groups is 1. The molecule has 0 unspecified atom stereocenters. The molecule has 102 valence electrons. The molecule has 1 aromatic rings. The zero-order chi connectivity index (χ0) is 13.6. The summed E-state index contributed by atoms with van der Waals surface area (Å²) in [6.07, 6.45) is 2.03. The van der Waals surface area contributed by atoms with Crippen molar-refractivity contribution in [2.24, 2.45) is 5.73 Å². The predicted octanol–water partition coefficient (Wildman–Crippen LogP) is 2.28. The van der Waals surface area contributed by atoms with Gasteiger partial charge >= 0.3 is 6.03 Å². The quantitative estimate of drug-likeness (QED) is 0.905. The molecule has 2 aliphatic rings. The number of benzene rings is 1. The van der Waals surface area contributed by atoms with Crippen LogP contribution in [0.4, 0.5) is 10.5 Å². The summed E-state index contributed by atoms with van der Waals surface area (Å²) in [5.74, 6) is 0. The van der Waals surface area contributed by atoms with Gasteiger partial charge in [-0.1, -0.05) is 18.2 Å². The number of hydrogen-bond acceptors (Lipinski definition) is 2. The number of para-hydroxylation sites is 1. The molecule has 1 heterocycles. The highest BCUT2D eigenvalue weighted by Gasteiger charge is 2.43. The summed E-state index contributed by atoms with van der Waals surface area (Å²) in [7, 11) is 0. The molecule has 0 atom stereocenters. The number of anilines is 1. The minimum Gasteiger partial charge on any atom is -0.321 e. The second-order valence-electron chi connectivity index (χ2n) is 5.89. The van der Waals surface area contributed by atoms with Crippen molar-refractivity contribution in [1.29, 1.82) is 0 Å². The highest BCUT2D eigenvalue weighted by atomic mass is 16.2. The van der Waals surface area contributed by atoms with Gasteiger partial charge in [-0.25, -0.2) is 4.79 Å². The lowest BCUT2D eigenvalue weighted by molar-refractivity contribution is 0.209. The Hall–Kier alpha value is -1.55. The molecule has 2 N–H and O–H groups in total. The van der Waals surface area contributed by atoms with Crippen LogP contribution in [0.2, 0.25) is 0 Å². The van der Waals surface area contributed by atoms with E-state index in [2.05, 4.69) is 19.9 Å². The molecule has 3 rings (SSSR count). The number of carbonyl (C=O) groups is 1. The summed E-state index contributed by atoms with van der Waals surface area (Å²) in [4.78, 5) is 16.2. The lowest BCUT2D eigenvalue weighted by Gasteiger charge is -2.24. The van der Waals surface area contributed by atoms with E-state index in [0.29, 0.717) is 0 Å². The maximum Gasteiger partial charge on any atom is 0.324 e. The van der Waals surface area contributed by atoms with Crippen LogP contribution in [0.15, 0.2) is 24.3 Å². The van der Waals surface area contributed by atoms with E-state index in [1.165, 1.54) is 0 Å². The van der Waals surface area contributed by atoms with Crippen LogP contribution < -0.4 is 10.6 Å². The fraction of sp³-hybridized carbons (Fsp3) is 0.533. The normalized spacial score (nSPS) is 21.4. The van der Waals surface area contributed by atoms with Crippen LogP contribution in [0, 0.1) is 0 Å². The van der Waals surface area contributed by atoms with E-state index in [1.54, 1.807) is 0 Å². The molecule has 1 saturated heterocycles. The van der Waals surface area contributed by atoms with E-state index in [9.17, 15) is 4.79 Å². The van der Waals surface area contributed by atoms with Crippen molar-refractivity contribution in [3.05, 3.63) is 29.8 Å². The Balaban J connectivity index is 1.94. The Morgan fingerprint density at radius 2 is 1.89 bits per heavy atom. The van der Waals surface area contributed by atoms with Gasteiger partial charge in [-0.05, 0) is 38.3 Å². The van der Waals surface area contributed by atoms with Gasteiger partial charge in [-0.2, -0.15) is 0 Å². The highest BCUT2D eigenvalue weighted by molar-refractivity contribution is 5.95. The Labute approximate surface area is 114 Å². The van der Waals surface area contributed by atoms with Gasteiger partial charge in [0.2, 0.25) is 0 Å². The molecule has 0 radical (unpaired) electrons. The maximum atomic E-state index is 12.5. The molecule has 2 amide bonds. The predicted molar refractivity (Wildman–Crippen MR) is 76.1 cm³/mol. The minimum atomic E-state index is -0.206. The lowest BCUT2D eigenvalue weighted by atomic mass is 10.0. The Morgan fingerprint density at radius 1 is 1.21 bits per heavy atom. The Bertz CT molecular complexity index is 508. The van der Waals surface area contributed by atoms with Crippen LogP contribution in [-0.4, -0.2) is 30.1 Å². The molecular formula is C15H21N3O.